The van der Waals surface area contributed by atoms with Crippen molar-refractivity contribution in [2.45, 2.75) is 45.8 Å². The van der Waals surface area contributed by atoms with Gasteiger partial charge >= 0.3 is 0 Å². The summed E-state index contributed by atoms with van der Waals surface area (Å²) in [6.07, 6.45) is 7.62. The average Bonchev–Trinajstić information content (AvgIpc) is 3.14. The van der Waals surface area contributed by atoms with Crippen molar-refractivity contribution in [1.29, 1.82) is 0 Å². The number of guanidine groups is 1. The first kappa shape index (κ1) is 22.8. The predicted octanol–water partition coefficient (Wildman–Crippen LogP) is 3.80. The number of hydrogen-bond acceptors (Lipinski definition) is 3. The van der Waals surface area contributed by atoms with Crippen molar-refractivity contribution >= 4 is 29.9 Å². The quantitative estimate of drug-likeness (QED) is 0.198. The van der Waals surface area contributed by atoms with Crippen molar-refractivity contribution in [3.8, 4) is 5.75 Å². The van der Waals surface area contributed by atoms with Crippen molar-refractivity contribution < 1.29 is 9.47 Å². The number of nitrogens with one attached hydrogen (secondary N) is 2. The third kappa shape index (κ3) is 7.95. The molecule has 0 bridgehead atoms. The van der Waals surface area contributed by atoms with Crippen molar-refractivity contribution in [2.24, 2.45) is 4.99 Å². The van der Waals surface area contributed by atoms with E-state index >= 15 is 0 Å². The van der Waals surface area contributed by atoms with E-state index in [0.29, 0.717) is 13.2 Å². The Hall–Kier alpha value is -1.28. The van der Waals surface area contributed by atoms with Gasteiger partial charge in [-0.15, -0.1) is 24.0 Å². The Morgan fingerprint density at radius 3 is 2.92 bits per heavy atom. The number of hydrogen-bond donors (Lipinski definition) is 2. The minimum absolute atomic E-state index is 0. The van der Waals surface area contributed by atoms with Crippen LogP contribution in [0.2, 0.25) is 0 Å². The first-order valence-electron chi connectivity index (χ1n) is 9.12. The van der Waals surface area contributed by atoms with E-state index in [9.17, 15) is 0 Å². The van der Waals surface area contributed by atoms with E-state index in [1.807, 2.05) is 6.92 Å². The monoisotopic (exact) mass is 473 g/mol. The second-order valence-electron chi connectivity index (χ2n) is 6.27. The number of aryl methyl sites for hydroxylation is 1. The van der Waals surface area contributed by atoms with Gasteiger partial charge in [-0.25, -0.2) is 0 Å². The molecule has 1 aromatic carbocycles. The molecule has 1 aromatic rings. The molecule has 26 heavy (non-hydrogen) atoms. The topological polar surface area (TPSA) is 54.9 Å². The van der Waals surface area contributed by atoms with E-state index in [4.69, 9.17) is 9.47 Å². The molecule has 0 spiro atoms. The summed E-state index contributed by atoms with van der Waals surface area (Å²) in [4.78, 5) is 4.27. The van der Waals surface area contributed by atoms with Crippen LogP contribution in [0.4, 0.5) is 0 Å². The van der Waals surface area contributed by atoms with Crippen LogP contribution in [0.1, 0.15) is 37.3 Å². The maximum atomic E-state index is 6.05. The fourth-order valence-electron chi connectivity index (χ4n) is 2.74. The zero-order valence-corrected chi connectivity index (χ0v) is 18.4. The largest absolute Gasteiger partial charge is 0.491 e. The van der Waals surface area contributed by atoms with Gasteiger partial charge in [0.2, 0.25) is 0 Å². The number of ether oxygens (including phenoxy) is 2. The lowest BCUT2D eigenvalue weighted by molar-refractivity contribution is 0.0676. The molecule has 2 rings (SSSR count). The third-order valence-electron chi connectivity index (χ3n) is 4.18. The summed E-state index contributed by atoms with van der Waals surface area (Å²) in [5, 5.41) is 6.66. The molecule has 0 radical (unpaired) electrons. The number of allylic oxidation sites excluding steroid dienone is 1. The van der Waals surface area contributed by atoms with Gasteiger partial charge in [-0.3, -0.25) is 4.99 Å². The molecule has 146 valence electrons. The van der Waals surface area contributed by atoms with E-state index in [1.54, 1.807) is 7.05 Å². The lowest BCUT2D eigenvalue weighted by Gasteiger charge is -2.17. The highest BCUT2D eigenvalue weighted by molar-refractivity contribution is 14.0. The van der Waals surface area contributed by atoms with Crippen LogP contribution in [0.15, 0.2) is 35.3 Å². The van der Waals surface area contributed by atoms with E-state index in [1.165, 1.54) is 5.56 Å². The van der Waals surface area contributed by atoms with E-state index < -0.39 is 0 Å². The van der Waals surface area contributed by atoms with Gasteiger partial charge < -0.3 is 20.1 Å². The Balaban J connectivity index is 0.00000338. The summed E-state index contributed by atoms with van der Waals surface area (Å²) in [5.41, 5.74) is 2.32. The summed E-state index contributed by atoms with van der Waals surface area (Å²) in [6, 6.07) is 6.31. The van der Waals surface area contributed by atoms with Gasteiger partial charge in [0.1, 0.15) is 12.4 Å². The highest BCUT2D eigenvalue weighted by Crippen LogP contribution is 2.22. The molecule has 1 saturated heterocycles. The van der Waals surface area contributed by atoms with Gasteiger partial charge in [0.05, 0.1) is 6.10 Å². The fraction of sp³-hybridized carbons (Fsp3) is 0.550. The average molecular weight is 473 g/mol. The molecule has 2 N–H and O–H groups in total. The molecule has 0 amide bonds. The van der Waals surface area contributed by atoms with Crippen LogP contribution in [0, 0.1) is 6.92 Å². The first-order chi connectivity index (χ1) is 12.2. The van der Waals surface area contributed by atoms with Crippen LogP contribution in [0.25, 0.3) is 0 Å². The van der Waals surface area contributed by atoms with Gasteiger partial charge in [-0.05, 0) is 44.7 Å². The first-order valence-corrected chi connectivity index (χ1v) is 9.12. The fourth-order valence-corrected chi connectivity index (χ4v) is 2.74. The second-order valence-corrected chi connectivity index (χ2v) is 6.27. The highest BCUT2D eigenvalue weighted by Gasteiger charge is 2.17. The van der Waals surface area contributed by atoms with Gasteiger partial charge in [0, 0.05) is 32.3 Å². The Morgan fingerprint density at radius 2 is 2.23 bits per heavy atom. The zero-order valence-electron chi connectivity index (χ0n) is 16.1. The Labute approximate surface area is 174 Å². The zero-order chi connectivity index (χ0) is 17.9. The molecule has 5 nitrogen and oxygen atoms in total. The van der Waals surface area contributed by atoms with Crippen molar-refractivity contribution in [2.75, 3.05) is 26.8 Å². The predicted molar refractivity (Wildman–Crippen MR) is 119 cm³/mol. The van der Waals surface area contributed by atoms with Gasteiger partial charge in [0.25, 0.3) is 0 Å². The minimum Gasteiger partial charge on any atom is -0.491 e. The lowest BCUT2D eigenvalue weighted by atomic mass is 10.1. The van der Waals surface area contributed by atoms with Gasteiger partial charge in [0.15, 0.2) is 5.96 Å². The number of benzene rings is 1. The standard InChI is InChI=1S/C20H31N3O2.HI/c1-4-5-6-11-22-20(21-3)23-14-17-10-9-16(2)13-19(17)25-15-18-8-7-12-24-18;/h4-5,9-10,13,18H,6-8,11-12,14-15H2,1-3H3,(H2,21,22,23);1H/b5-4+;. The third-order valence-corrected chi connectivity index (χ3v) is 4.18. The highest BCUT2D eigenvalue weighted by atomic mass is 127. The summed E-state index contributed by atoms with van der Waals surface area (Å²) in [5.74, 6) is 1.72. The van der Waals surface area contributed by atoms with Crippen LogP contribution in [0.3, 0.4) is 0 Å². The second kappa shape index (κ2) is 13.0. The van der Waals surface area contributed by atoms with Crippen LogP contribution >= 0.6 is 24.0 Å². The number of nitrogens with zero attached hydrogens (tertiary/aromatic N) is 1. The molecular formula is C20H32IN3O2. The number of halogens is 1. The van der Waals surface area contributed by atoms with E-state index in [2.05, 4.69) is 52.9 Å². The maximum Gasteiger partial charge on any atom is 0.191 e. The number of rotatable bonds is 8. The summed E-state index contributed by atoms with van der Waals surface area (Å²) in [7, 11) is 1.79. The normalized spacial score (nSPS) is 17.2. The maximum absolute atomic E-state index is 6.05. The van der Waals surface area contributed by atoms with E-state index in [-0.39, 0.29) is 30.1 Å². The SMILES string of the molecule is C/C=C/CCNC(=NC)NCc1ccc(C)cc1OCC1CCCO1.I. The van der Waals surface area contributed by atoms with Gasteiger partial charge in [-0.1, -0.05) is 24.3 Å². The molecule has 0 saturated carbocycles. The van der Waals surface area contributed by atoms with Crippen molar-refractivity contribution in [3.63, 3.8) is 0 Å². The van der Waals surface area contributed by atoms with Crippen molar-refractivity contribution in [1.82, 2.24) is 10.6 Å². The lowest BCUT2D eigenvalue weighted by Crippen LogP contribution is -2.37. The van der Waals surface area contributed by atoms with Crippen LogP contribution in [0.5, 0.6) is 5.75 Å². The van der Waals surface area contributed by atoms with Crippen LogP contribution < -0.4 is 15.4 Å². The molecule has 1 heterocycles. The van der Waals surface area contributed by atoms with E-state index in [0.717, 1.165) is 49.7 Å². The molecule has 1 fully saturated rings. The summed E-state index contributed by atoms with van der Waals surface area (Å²) < 4.78 is 11.7. The molecule has 1 aliphatic rings. The van der Waals surface area contributed by atoms with Gasteiger partial charge in [-0.2, -0.15) is 0 Å². The van der Waals surface area contributed by atoms with Crippen molar-refractivity contribution in [3.05, 3.63) is 41.5 Å². The smallest absolute Gasteiger partial charge is 0.191 e. The Kier molecular flexibility index (Phi) is 11.4. The molecule has 1 unspecified atom stereocenters. The number of aliphatic imine (C=N–C) groups is 1. The molecule has 0 aromatic heterocycles. The molecular weight excluding hydrogens is 441 g/mol. The molecule has 1 atom stereocenters. The molecule has 1 aliphatic heterocycles. The summed E-state index contributed by atoms with van der Waals surface area (Å²) >= 11 is 0. The van der Waals surface area contributed by atoms with Crippen LogP contribution in [-0.4, -0.2) is 38.9 Å². The Bertz CT molecular complexity index is 584. The molecule has 6 heteroatoms. The van der Waals surface area contributed by atoms with Crippen LogP contribution in [-0.2, 0) is 11.3 Å². The molecule has 0 aliphatic carbocycles. The Morgan fingerprint density at radius 1 is 1.38 bits per heavy atom. The minimum atomic E-state index is 0. The summed E-state index contributed by atoms with van der Waals surface area (Å²) in [6.45, 7) is 7.11.